The zero-order valence-electron chi connectivity index (χ0n) is 14.4. The van der Waals surface area contributed by atoms with Crippen molar-refractivity contribution in [3.63, 3.8) is 0 Å². The fourth-order valence-electron chi connectivity index (χ4n) is 2.73. The molecule has 23 heavy (non-hydrogen) atoms. The number of piperidine rings is 1. The van der Waals surface area contributed by atoms with Gasteiger partial charge in [-0.25, -0.2) is 9.78 Å². The first-order valence-electron chi connectivity index (χ1n) is 8.03. The van der Waals surface area contributed by atoms with Gasteiger partial charge in [-0.1, -0.05) is 6.07 Å². The fourth-order valence-corrected chi connectivity index (χ4v) is 2.97. The molecular formula is C17H26BrN3O2. The number of hydrogen-bond donors (Lipinski definition) is 0. The molecule has 0 N–H and O–H groups in total. The zero-order valence-corrected chi connectivity index (χ0v) is 16.0. The van der Waals surface area contributed by atoms with Crippen LogP contribution in [-0.4, -0.2) is 52.7 Å². The van der Waals surface area contributed by atoms with Crippen LogP contribution in [0.25, 0.3) is 0 Å². The standard InChI is InChI=1S/C17H26BrN3O2/c1-17(2,3)23-16(22)20(4)14-6-5-9-21(12-14)11-13-7-8-15(18)19-10-13/h7-8,10,14H,5-6,9,11-12H2,1-4H3/t14-/m0/s1. The molecule has 0 saturated carbocycles. The van der Waals surface area contributed by atoms with Crippen molar-refractivity contribution in [3.8, 4) is 0 Å². The molecule has 0 bridgehead atoms. The van der Waals surface area contributed by atoms with Crippen LogP contribution in [0.1, 0.15) is 39.2 Å². The van der Waals surface area contributed by atoms with Crippen LogP contribution in [0.2, 0.25) is 0 Å². The second kappa shape index (κ2) is 7.62. The molecular weight excluding hydrogens is 358 g/mol. The third kappa shape index (κ3) is 5.77. The molecule has 1 saturated heterocycles. The van der Waals surface area contributed by atoms with Gasteiger partial charge in [0.1, 0.15) is 10.2 Å². The molecule has 5 nitrogen and oxygen atoms in total. The first-order valence-corrected chi connectivity index (χ1v) is 8.82. The highest BCUT2D eigenvalue weighted by Gasteiger charge is 2.29. The van der Waals surface area contributed by atoms with Gasteiger partial charge in [-0.15, -0.1) is 0 Å². The lowest BCUT2D eigenvalue weighted by Gasteiger charge is -2.38. The van der Waals surface area contributed by atoms with E-state index < -0.39 is 5.60 Å². The summed E-state index contributed by atoms with van der Waals surface area (Å²) in [6.07, 6.45) is 3.76. The molecule has 0 unspecified atom stereocenters. The Labute approximate surface area is 147 Å². The van der Waals surface area contributed by atoms with Gasteiger partial charge in [0.25, 0.3) is 0 Å². The van der Waals surface area contributed by atoms with E-state index in [2.05, 4.69) is 31.9 Å². The Bertz CT molecular complexity index is 528. The third-order valence-corrected chi connectivity index (χ3v) is 4.37. The number of amides is 1. The number of pyridine rings is 1. The highest BCUT2D eigenvalue weighted by molar-refractivity contribution is 9.10. The van der Waals surface area contributed by atoms with E-state index in [1.165, 1.54) is 5.56 Å². The number of hydrogen-bond acceptors (Lipinski definition) is 4. The molecule has 1 aromatic heterocycles. The summed E-state index contributed by atoms with van der Waals surface area (Å²) in [5.41, 5.74) is 0.733. The molecule has 2 heterocycles. The van der Waals surface area contributed by atoms with Crippen molar-refractivity contribution in [3.05, 3.63) is 28.5 Å². The van der Waals surface area contributed by atoms with Gasteiger partial charge in [0.05, 0.1) is 0 Å². The van der Waals surface area contributed by atoms with Crippen LogP contribution in [0.4, 0.5) is 4.79 Å². The second-order valence-corrected chi connectivity index (χ2v) is 7.92. The number of likely N-dealkylation sites (tertiary alicyclic amines) is 1. The summed E-state index contributed by atoms with van der Waals surface area (Å²) in [6, 6.07) is 4.24. The minimum atomic E-state index is -0.456. The van der Waals surface area contributed by atoms with Gasteiger partial charge in [-0.3, -0.25) is 4.90 Å². The van der Waals surface area contributed by atoms with Crippen molar-refractivity contribution < 1.29 is 9.53 Å². The Morgan fingerprint density at radius 1 is 1.48 bits per heavy atom. The van der Waals surface area contributed by atoms with E-state index in [1.807, 2.05) is 40.1 Å². The highest BCUT2D eigenvalue weighted by Crippen LogP contribution is 2.19. The molecule has 0 radical (unpaired) electrons. The molecule has 0 aliphatic carbocycles. The first-order chi connectivity index (χ1) is 10.7. The van der Waals surface area contributed by atoms with E-state index in [1.54, 1.807) is 4.90 Å². The van der Waals surface area contributed by atoms with Crippen LogP contribution < -0.4 is 0 Å². The Kier molecular flexibility index (Phi) is 6.03. The maximum atomic E-state index is 12.2. The molecule has 6 heteroatoms. The van der Waals surface area contributed by atoms with Gasteiger partial charge in [0.2, 0.25) is 0 Å². The summed E-state index contributed by atoms with van der Waals surface area (Å²) in [7, 11) is 1.84. The molecule has 1 aliphatic rings. The molecule has 128 valence electrons. The van der Waals surface area contributed by atoms with Crippen molar-refractivity contribution in [1.29, 1.82) is 0 Å². The lowest BCUT2D eigenvalue weighted by molar-refractivity contribution is 0.0130. The molecule has 1 aliphatic heterocycles. The van der Waals surface area contributed by atoms with Gasteiger partial charge in [-0.05, 0) is 67.7 Å². The summed E-state index contributed by atoms with van der Waals surface area (Å²) in [5, 5.41) is 0. The predicted molar refractivity (Wildman–Crippen MR) is 94.2 cm³/mol. The summed E-state index contributed by atoms with van der Waals surface area (Å²) < 4.78 is 6.32. The van der Waals surface area contributed by atoms with Gasteiger partial charge in [-0.2, -0.15) is 0 Å². The normalized spacial score (nSPS) is 19.4. The van der Waals surface area contributed by atoms with Crippen LogP contribution in [0.5, 0.6) is 0 Å². The number of halogens is 1. The summed E-state index contributed by atoms with van der Waals surface area (Å²) in [4.78, 5) is 20.6. The van der Waals surface area contributed by atoms with E-state index in [4.69, 9.17) is 4.74 Å². The minimum Gasteiger partial charge on any atom is -0.444 e. The van der Waals surface area contributed by atoms with Crippen LogP contribution in [0.3, 0.4) is 0 Å². The number of aromatic nitrogens is 1. The van der Waals surface area contributed by atoms with E-state index >= 15 is 0 Å². The van der Waals surface area contributed by atoms with E-state index in [0.717, 1.165) is 37.1 Å². The minimum absolute atomic E-state index is 0.196. The smallest absolute Gasteiger partial charge is 0.410 e. The van der Waals surface area contributed by atoms with Crippen molar-refractivity contribution in [2.75, 3.05) is 20.1 Å². The van der Waals surface area contributed by atoms with Crippen LogP contribution >= 0.6 is 15.9 Å². The van der Waals surface area contributed by atoms with Crippen LogP contribution in [-0.2, 0) is 11.3 Å². The highest BCUT2D eigenvalue weighted by atomic mass is 79.9. The Morgan fingerprint density at radius 3 is 2.83 bits per heavy atom. The van der Waals surface area contributed by atoms with Gasteiger partial charge in [0, 0.05) is 32.4 Å². The zero-order chi connectivity index (χ0) is 17.0. The van der Waals surface area contributed by atoms with Crippen molar-refractivity contribution in [1.82, 2.24) is 14.8 Å². The van der Waals surface area contributed by atoms with Gasteiger partial charge >= 0.3 is 6.09 Å². The number of likely N-dealkylation sites (N-methyl/N-ethyl adjacent to an activating group) is 1. The quantitative estimate of drug-likeness (QED) is 0.746. The van der Waals surface area contributed by atoms with Crippen molar-refractivity contribution in [2.24, 2.45) is 0 Å². The lowest BCUT2D eigenvalue weighted by Crippen LogP contribution is -2.49. The number of nitrogens with zero attached hydrogens (tertiary/aromatic N) is 3. The number of rotatable bonds is 3. The fraction of sp³-hybridized carbons (Fsp3) is 0.647. The SMILES string of the molecule is CN(C(=O)OC(C)(C)C)[C@H]1CCCN(Cc2ccc(Br)nc2)C1. The number of carbonyl (C=O) groups excluding carboxylic acids is 1. The average Bonchev–Trinajstić information content (AvgIpc) is 2.47. The maximum absolute atomic E-state index is 12.2. The topological polar surface area (TPSA) is 45.7 Å². The molecule has 1 atom stereocenters. The third-order valence-electron chi connectivity index (χ3n) is 3.90. The van der Waals surface area contributed by atoms with Crippen molar-refractivity contribution >= 4 is 22.0 Å². The molecule has 0 spiro atoms. The van der Waals surface area contributed by atoms with Crippen LogP contribution in [0, 0.1) is 0 Å². The Hall–Kier alpha value is -1.14. The average molecular weight is 384 g/mol. The van der Waals surface area contributed by atoms with E-state index in [-0.39, 0.29) is 12.1 Å². The number of ether oxygens (including phenoxy) is 1. The second-order valence-electron chi connectivity index (χ2n) is 7.11. The number of carbonyl (C=O) groups is 1. The van der Waals surface area contributed by atoms with E-state index in [0.29, 0.717) is 0 Å². The molecule has 1 amide bonds. The summed E-state index contributed by atoms with van der Waals surface area (Å²) in [6.45, 7) is 8.46. The van der Waals surface area contributed by atoms with Crippen molar-refractivity contribution in [2.45, 2.75) is 51.8 Å². The van der Waals surface area contributed by atoms with Crippen LogP contribution in [0.15, 0.2) is 22.9 Å². The summed E-state index contributed by atoms with van der Waals surface area (Å²) in [5.74, 6) is 0. The summed E-state index contributed by atoms with van der Waals surface area (Å²) >= 11 is 3.36. The molecule has 1 aromatic rings. The largest absolute Gasteiger partial charge is 0.444 e. The monoisotopic (exact) mass is 383 g/mol. The molecule has 0 aromatic carbocycles. The Balaban J connectivity index is 1.92. The molecule has 1 fully saturated rings. The maximum Gasteiger partial charge on any atom is 0.410 e. The van der Waals surface area contributed by atoms with E-state index in [9.17, 15) is 4.79 Å². The Morgan fingerprint density at radius 2 is 2.22 bits per heavy atom. The van der Waals surface area contributed by atoms with Gasteiger partial charge in [0.15, 0.2) is 0 Å². The lowest BCUT2D eigenvalue weighted by atomic mass is 10.0. The first kappa shape index (κ1) is 18.2. The predicted octanol–water partition coefficient (Wildman–Crippen LogP) is 3.68. The van der Waals surface area contributed by atoms with Gasteiger partial charge < -0.3 is 9.64 Å². The molecule has 2 rings (SSSR count).